The molecular weight excluding hydrogens is 246 g/mol. The molecule has 0 aromatic rings. The number of hydrogen-bond donors (Lipinski definition) is 1. The molecule has 0 bridgehead atoms. The van der Waals surface area contributed by atoms with E-state index in [1.807, 2.05) is 0 Å². The van der Waals surface area contributed by atoms with Crippen LogP contribution in [0.15, 0.2) is 0 Å². The fourth-order valence-electron chi connectivity index (χ4n) is 4.24. The third kappa shape index (κ3) is 3.02. The third-order valence-corrected chi connectivity index (χ3v) is 5.63. The number of hydrogen-bond acceptors (Lipinski definition) is 3. The normalized spacial score (nSPS) is 43.1. The van der Waals surface area contributed by atoms with Gasteiger partial charge in [-0.15, -0.1) is 0 Å². The highest BCUT2D eigenvalue weighted by molar-refractivity contribution is 5.13. The van der Waals surface area contributed by atoms with Crippen LogP contribution in [0.4, 0.5) is 0 Å². The minimum Gasteiger partial charge on any atom is -0.297 e. The Morgan fingerprint density at radius 1 is 1.15 bits per heavy atom. The number of piperidine rings is 1. The smallest absolute Gasteiger partial charge is 0.108 e. The maximum Gasteiger partial charge on any atom is 0.108 e. The summed E-state index contributed by atoms with van der Waals surface area (Å²) in [5, 5.41) is 13.4. The van der Waals surface area contributed by atoms with E-state index in [9.17, 15) is 5.26 Å². The molecule has 0 radical (unpaired) electrons. The van der Waals surface area contributed by atoms with Crippen LogP contribution in [-0.4, -0.2) is 35.1 Å². The van der Waals surface area contributed by atoms with Gasteiger partial charge in [-0.1, -0.05) is 6.92 Å². The van der Waals surface area contributed by atoms with Gasteiger partial charge in [-0.05, 0) is 64.2 Å². The Morgan fingerprint density at radius 3 is 2.65 bits per heavy atom. The second-order valence-corrected chi connectivity index (χ2v) is 7.59. The molecule has 20 heavy (non-hydrogen) atoms. The summed E-state index contributed by atoms with van der Waals surface area (Å²) in [6.45, 7) is 5.99. The van der Waals surface area contributed by atoms with Crippen molar-refractivity contribution in [1.82, 2.24) is 10.2 Å². The van der Waals surface area contributed by atoms with Crippen molar-refractivity contribution in [3.8, 4) is 6.07 Å². The molecule has 0 spiro atoms. The fraction of sp³-hybridized carbons (Fsp3) is 0.941. The molecule has 112 valence electrons. The summed E-state index contributed by atoms with van der Waals surface area (Å²) in [5.41, 5.74) is -0.232. The van der Waals surface area contributed by atoms with Crippen LogP contribution in [0.3, 0.4) is 0 Å². The van der Waals surface area contributed by atoms with Gasteiger partial charge in [0, 0.05) is 24.7 Å². The highest BCUT2D eigenvalue weighted by Crippen LogP contribution is 2.37. The summed E-state index contributed by atoms with van der Waals surface area (Å²) in [4.78, 5) is 2.72. The summed E-state index contributed by atoms with van der Waals surface area (Å²) in [6.07, 6.45) is 9.81. The van der Waals surface area contributed by atoms with Gasteiger partial charge in [-0.2, -0.15) is 5.26 Å². The SMILES string of the molecule is CC1CCC(C)N(C2CCCC(C#N)(NC3CC3)C2)C1. The van der Waals surface area contributed by atoms with Crippen molar-refractivity contribution in [3.63, 3.8) is 0 Å². The molecule has 0 amide bonds. The first-order valence-electron chi connectivity index (χ1n) is 8.56. The van der Waals surface area contributed by atoms with Crippen LogP contribution in [-0.2, 0) is 0 Å². The Hall–Kier alpha value is -0.590. The molecule has 4 atom stereocenters. The molecule has 1 aliphatic heterocycles. The summed E-state index contributed by atoms with van der Waals surface area (Å²) in [5.74, 6) is 0.820. The summed E-state index contributed by atoms with van der Waals surface area (Å²) in [7, 11) is 0. The molecule has 4 unspecified atom stereocenters. The van der Waals surface area contributed by atoms with Gasteiger partial charge in [0.25, 0.3) is 0 Å². The van der Waals surface area contributed by atoms with E-state index >= 15 is 0 Å². The maximum atomic E-state index is 9.72. The Morgan fingerprint density at radius 2 is 1.95 bits per heavy atom. The average molecular weight is 275 g/mol. The van der Waals surface area contributed by atoms with Crippen LogP contribution >= 0.6 is 0 Å². The fourth-order valence-corrected chi connectivity index (χ4v) is 4.24. The molecule has 3 aliphatic rings. The molecule has 3 nitrogen and oxygen atoms in total. The van der Waals surface area contributed by atoms with Crippen LogP contribution in [0.5, 0.6) is 0 Å². The monoisotopic (exact) mass is 275 g/mol. The number of likely N-dealkylation sites (tertiary alicyclic amines) is 1. The molecule has 2 aliphatic carbocycles. The number of nitrogens with one attached hydrogen (secondary N) is 1. The van der Waals surface area contributed by atoms with E-state index < -0.39 is 0 Å². The standard InChI is InChI=1S/C17H29N3/c1-13-5-6-14(2)20(11-13)16-4-3-9-17(10-16,12-18)19-15-7-8-15/h13-16,19H,3-11H2,1-2H3. The molecule has 1 saturated heterocycles. The molecule has 0 aromatic carbocycles. The minimum absolute atomic E-state index is 0.232. The van der Waals surface area contributed by atoms with E-state index in [2.05, 4.69) is 30.1 Å². The van der Waals surface area contributed by atoms with Crippen molar-refractivity contribution < 1.29 is 0 Å². The first-order valence-corrected chi connectivity index (χ1v) is 8.56. The van der Waals surface area contributed by atoms with Gasteiger partial charge >= 0.3 is 0 Å². The van der Waals surface area contributed by atoms with Gasteiger partial charge in [0.15, 0.2) is 0 Å². The number of nitriles is 1. The largest absolute Gasteiger partial charge is 0.297 e. The Kier molecular flexibility index (Phi) is 4.06. The second-order valence-electron chi connectivity index (χ2n) is 7.59. The number of rotatable bonds is 3. The van der Waals surface area contributed by atoms with Gasteiger partial charge in [-0.3, -0.25) is 10.2 Å². The van der Waals surface area contributed by atoms with E-state index in [0.717, 1.165) is 18.8 Å². The predicted molar refractivity (Wildman–Crippen MR) is 81.3 cm³/mol. The topological polar surface area (TPSA) is 39.1 Å². The van der Waals surface area contributed by atoms with E-state index in [0.29, 0.717) is 18.1 Å². The summed E-state index contributed by atoms with van der Waals surface area (Å²) >= 11 is 0. The van der Waals surface area contributed by atoms with E-state index in [1.165, 1.54) is 45.1 Å². The van der Waals surface area contributed by atoms with Gasteiger partial charge < -0.3 is 0 Å². The zero-order valence-electron chi connectivity index (χ0n) is 13.1. The molecule has 0 aromatic heterocycles. The predicted octanol–water partition coefficient (Wildman–Crippen LogP) is 3.06. The van der Waals surface area contributed by atoms with Crippen LogP contribution in [0.2, 0.25) is 0 Å². The van der Waals surface area contributed by atoms with Crippen LogP contribution in [0, 0.1) is 17.2 Å². The number of nitrogens with zero attached hydrogens (tertiary/aromatic N) is 2. The van der Waals surface area contributed by atoms with Crippen molar-refractivity contribution in [2.24, 2.45) is 5.92 Å². The van der Waals surface area contributed by atoms with Crippen molar-refractivity contribution in [2.75, 3.05) is 6.54 Å². The molecule has 2 saturated carbocycles. The second kappa shape index (κ2) is 5.66. The Labute approximate surface area is 123 Å². The first kappa shape index (κ1) is 14.4. The highest BCUT2D eigenvalue weighted by atomic mass is 15.2. The maximum absolute atomic E-state index is 9.72. The van der Waals surface area contributed by atoms with Gasteiger partial charge in [0.05, 0.1) is 6.07 Å². The van der Waals surface area contributed by atoms with E-state index in [-0.39, 0.29) is 5.54 Å². The summed E-state index contributed by atoms with van der Waals surface area (Å²) < 4.78 is 0. The molecule has 1 heterocycles. The Bertz CT molecular complexity index is 384. The Balaban J connectivity index is 1.68. The van der Waals surface area contributed by atoms with E-state index in [4.69, 9.17) is 0 Å². The molecule has 3 rings (SSSR count). The zero-order valence-corrected chi connectivity index (χ0v) is 13.1. The van der Waals surface area contributed by atoms with Crippen LogP contribution in [0.1, 0.15) is 65.2 Å². The molecule has 1 N–H and O–H groups in total. The van der Waals surface area contributed by atoms with Crippen molar-refractivity contribution >= 4 is 0 Å². The average Bonchev–Trinajstić information content (AvgIpc) is 3.25. The molecule has 3 heteroatoms. The first-order chi connectivity index (χ1) is 9.62. The van der Waals surface area contributed by atoms with E-state index in [1.54, 1.807) is 0 Å². The van der Waals surface area contributed by atoms with Gasteiger partial charge in [0.2, 0.25) is 0 Å². The van der Waals surface area contributed by atoms with Crippen LogP contribution in [0.25, 0.3) is 0 Å². The molecule has 3 fully saturated rings. The zero-order chi connectivity index (χ0) is 14.2. The van der Waals surface area contributed by atoms with Gasteiger partial charge in [-0.25, -0.2) is 0 Å². The van der Waals surface area contributed by atoms with Gasteiger partial charge in [0.1, 0.15) is 5.54 Å². The van der Waals surface area contributed by atoms with Crippen molar-refractivity contribution in [2.45, 2.75) is 88.9 Å². The lowest BCUT2D eigenvalue weighted by Gasteiger charge is -2.47. The van der Waals surface area contributed by atoms with Crippen LogP contribution < -0.4 is 5.32 Å². The highest BCUT2D eigenvalue weighted by Gasteiger charge is 2.43. The molecular formula is C17H29N3. The lowest BCUT2D eigenvalue weighted by atomic mass is 9.77. The third-order valence-electron chi connectivity index (χ3n) is 5.63. The summed E-state index contributed by atoms with van der Waals surface area (Å²) in [6, 6.07) is 4.60. The lowest BCUT2D eigenvalue weighted by Crippen LogP contribution is -2.56. The van der Waals surface area contributed by atoms with Crippen molar-refractivity contribution in [1.29, 1.82) is 5.26 Å². The minimum atomic E-state index is -0.232. The lowest BCUT2D eigenvalue weighted by molar-refractivity contribution is 0.0414. The van der Waals surface area contributed by atoms with Crippen molar-refractivity contribution in [3.05, 3.63) is 0 Å². The quantitative estimate of drug-likeness (QED) is 0.860.